The third-order valence-electron chi connectivity index (χ3n) is 4.44. The summed E-state index contributed by atoms with van der Waals surface area (Å²) in [4.78, 5) is 24.2. The lowest BCUT2D eigenvalue weighted by molar-refractivity contribution is -0.149. The van der Waals surface area contributed by atoms with Crippen molar-refractivity contribution in [1.29, 1.82) is 0 Å². The summed E-state index contributed by atoms with van der Waals surface area (Å²) in [6.07, 6.45) is 2.96. The number of benzene rings is 1. The van der Waals surface area contributed by atoms with Crippen LogP contribution in [0.15, 0.2) is 30.3 Å². The first kappa shape index (κ1) is 15.7. The van der Waals surface area contributed by atoms with E-state index in [2.05, 4.69) is 20.8 Å². The Hall–Kier alpha value is -1.64. The molecule has 3 atom stereocenters. The summed E-state index contributed by atoms with van der Waals surface area (Å²) >= 11 is 0. The summed E-state index contributed by atoms with van der Waals surface area (Å²) in [5.41, 5.74) is 0.396. The lowest BCUT2D eigenvalue weighted by Gasteiger charge is -2.36. The summed E-state index contributed by atoms with van der Waals surface area (Å²) in [6.45, 7) is 6.48. The minimum Gasteiger partial charge on any atom is -0.456 e. The molecular formula is C18H24O3. The number of esters is 1. The van der Waals surface area contributed by atoms with E-state index in [0.29, 0.717) is 23.3 Å². The second kappa shape index (κ2) is 6.88. The van der Waals surface area contributed by atoms with Gasteiger partial charge in [-0.05, 0) is 30.6 Å². The number of carbonyl (C=O) groups excluding carboxylic acids is 2. The molecule has 1 aromatic rings. The molecule has 0 saturated heterocycles. The summed E-state index contributed by atoms with van der Waals surface area (Å²) in [5.74, 6) is 0.0998. The monoisotopic (exact) mass is 288 g/mol. The number of carbonyl (C=O) groups is 2. The van der Waals surface area contributed by atoms with E-state index in [1.807, 2.05) is 6.07 Å². The number of ketones is 1. The molecule has 0 spiro atoms. The van der Waals surface area contributed by atoms with Crippen LogP contribution in [0.2, 0.25) is 0 Å². The molecule has 3 nitrogen and oxygen atoms in total. The maximum atomic E-state index is 12.1. The highest BCUT2D eigenvalue weighted by molar-refractivity contribution is 6.40. The fourth-order valence-corrected chi connectivity index (χ4v) is 3.15. The van der Waals surface area contributed by atoms with E-state index in [1.165, 1.54) is 6.42 Å². The molecule has 21 heavy (non-hydrogen) atoms. The Labute approximate surface area is 126 Å². The van der Waals surface area contributed by atoms with Crippen molar-refractivity contribution in [1.82, 2.24) is 0 Å². The Morgan fingerprint density at radius 1 is 1.14 bits per heavy atom. The highest BCUT2D eigenvalue weighted by atomic mass is 16.5. The average Bonchev–Trinajstić information content (AvgIpc) is 2.47. The van der Waals surface area contributed by atoms with Crippen LogP contribution < -0.4 is 0 Å². The van der Waals surface area contributed by atoms with E-state index in [1.54, 1.807) is 24.3 Å². The van der Waals surface area contributed by atoms with Gasteiger partial charge < -0.3 is 4.74 Å². The summed E-state index contributed by atoms with van der Waals surface area (Å²) in [5, 5.41) is 0. The molecule has 2 rings (SSSR count). The SMILES string of the molecule is CC(C)[C@H]1CC[C@@H](C)C[C@@H]1OC(=O)C(=O)c1ccccc1. The third-order valence-corrected chi connectivity index (χ3v) is 4.44. The van der Waals surface area contributed by atoms with E-state index in [4.69, 9.17) is 4.74 Å². The summed E-state index contributed by atoms with van der Waals surface area (Å²) in [6, 6.07) is 8.61. The zero-order valence-corrected chi connectivity index (χ0v) is 13.0. The summed E-state index contributed by atoms with van der Waals surface area (Å²) < 4.78 is 5.56. The number of hydrogen-bond donors (Lipinski definition) is 0. The van der Waals surface area contributed by atoms with Gasteiger partial charge in [0, 0.05) is 5.56 Å². The fraction of sp³-hybridized carbons (Fsp3) is 0.556. The van der Waals surface area contributed by atoms with Crippen LogP contribution in [0.4, 0.5) is 0 Å². The standard InChI is InChI=1S/C18H24O3/c1-12(2)15-10-9-13(3)11-16(15)21-18(20)17(19)14-7-5-4-6-8-14/h4-8,12-13,15-16H,9-11H2,1-3H3/t13-,15-,16+/m1/s1. The molecule has 1 fully saturated rings. The van der Waals surface area contributed by atoms with Crippen LogP contribution in [0, 0.1) is 17.8 Å². The number of Topliss-reactive ketones (excluding diaryl/α,β-unsaturated/α-hetero) is 1. The van der Waals surface area contributed by atoms with E-state index >= 15 is 0 Å². The van der Waals surface area contributed by atoms with Crippen molar-refractivity contribution in [2.24, 2.45) is 17.8 Å². The van der Waals surface area contributed by atoms with Gasteiger partial charge in [0.15, 0.2) is 0 Å². The minimum atomic E-state index is -0.717. The molecule has 0 unspecified atom stereocenters. The van der Waals surface area contributed by atoms with Crippen molar-refractivity contribution in [3.63, 3.8) is 0 Å². The van der Waals surface area contributed by atoms with Gasteiger partial charge in [-0.15, -0.1) is 0 Å². The molecular weight excluding hydrogens is 264 g/mol. The minimum absolute atomic E-state index is 0.131. The van der Waals surface area contributed by atoms with E-state index in [-0.39, 0.29) is 6.10 Å². The Bertz CT molecular complexity index is 492. The smallest absolute Gasteiger partial charge is 0.379 e. The van der Waals surface area contributed by atoms with Gasteiger partial charge in [-0.1, -0.05) is 57.5 Å². The van der Waals surface area contributed by atoms with Crippen LogP contribution in [0.3, 0.4) is 0 Å². The van der Waals surface area contributed by atoms with Crippen LogP contribution in [0.5, 0.6) is 0 Å². The van der Waals surface area contributed by atoms with Gasteiger partial charge in [0.25, 0.3) is 5.78 Å². The van der Waals surface area contributed by atoms with Crippen molar-refractivity contribution in [2.75, 3.05) is 0 Å². The van der Waals surface area contributed by atoms with E-state index in [0.717, 1.165) is 12.8 Å². The predicted molar refractivity (Wildman–Crippen MR) is 82.0 cm³/mol. The van der Waals surface area contributed by atoms with Crippen molar-refractivity contribution >= 4 is 11.8 Å². The first-order valence-corrected chi connectivity index (χ1v) is 7.79. The number of hydrogen-bond acceptors (Lipinski definition) is 3. The zero-order valence-electron chi connectivity index (χ0n) is 13.0. The van der Waals surface area contributed by atoms with E-state index < -0.39 is 11.8 Å². The van der Waals surface area contributed by atoms with Crippen molar-refractivity contribution in [2.45, 2.75) is 46.1 Å². The van der Waals surface area contributed by atoms with Crippen LogP contribution in [-0.4, -0.2) is 17.9 Å². The number of rotatable bonds is 4. The molecule has 1 aliphatic carbocycles. The van der Waals surface area contributed by atoms with Gasteiger partial charge in [0.2, 0.25) is 0 Å². The topological polar surface area (TPSA) is 43.4 Å². The van der Waals surface area contributed by atoms with Gasteiger partial charge in [0.05, 0.1) is 0 Å². The molecule has 1 aliphatic rings. The normalized spacial score (nSPS) is 25.6. The van der Waals surface area contributed by atoms with Gasteiger partial charge in [-0.2, -0.15) is 0 Å². The van der Waals surface area contributed by atoms with Gasteiger partial charge >= 0.3 is 5.97 Å². The Balaban J connectivity index is 2.04. The molecule has 0 heterocycles. The third kappa shape index (κ3) is 3.93. The first-order chi connectivity index (χ1) is 9.99. The largest absolute Gasteiger partial charge is 0.456 e. The Morgan fingerprint density at radius 3 is 2.43 bits per heavy atom. The second-order valence-electron chi connectivity index (χ2n) is 6.47. The van der Waals surface area contributed by atoms with Crippen LogP contribution in [0.25, 0.3) is 0 Å². The maximum Gasteiger partial charge on any atom is 0.379 e. The Kier molecular flexibility index (Phi) is 5.16. The van der Waals surface area contributed by atoms with Crippen LogP contribution in [0.1, 0.15) is 50.4 Å². The predicted octanol–water partition coefficient (Wildman–Crippen LogP) is 3.87. The quantitative estimate of drug-likeness (QED) is 0.480. The van der Waals surface area contributed by atoms with Crippen molar-refractivity contribution in [3.8, 4) is 0 Å². The lowest BCUT2D eigenvalue weighted by Crippen LogP contribution is -2.37. The lowest BCUT2D eigenvalue weighted by atomic mass is 9.75. The molecule has 0 aromatic heterocycles. The molecule has 3 heteroatoms. The molecule has 0 radical (unpaired) electrons. The molecule has 0 N–H and O–H groups in total. The number of ether oxygens (including phenoxy) is 1. The molecule has 0 aliphatic heterocycles. The first-order valence-electron chi connectivity index (χ1n) is 7.79. The van der Waals surface area contributed by atoms with E-state index in [9.17, 15) is 9.59 Å². The van der Waals surface area contributed by atoms with Crippen molar-refractivity contribution in [3.05, 3.63) is 35.9 Å². The summed E-state index contributed by atoms with van der Waals surface area (Å²) in [7, 11) is 0. The highest BCUT2D eigenvalue weighted by Gasteiger charge is 2.34. The molecule has 0 bridgehead atoms. The zero-order chi connectivity index (χ0) is 15.4. The molecule has 1 aromatic carbocycles. The van der Waals surface area contributed by atoms with Gasteiger partial charge in [0.1, 0.15) is 6.10 Å². The van der Waals surface area contributed by atoms with Crippen LogP contribution in [-0.2, 0) is 9.53 Å². The van der Waals surface area contributed by atoms with Gasteiger partial charge in [-0.3, -0.25) is 4.79 Å². The Morgan fingerprint density at radius 2 is 1.81 bits per heavy atom. The van der Waals surface area contributed by atoms with Crippen LogP contribution >= 0.6 is 0 Å². The molecule has 0 amide bonds. The highest BCUT2D eigenvalue weighted by Crippen LogP contribution is 2.35. The molecule has 1 saturated carbocycles. The molecule has 114 valence electrons. The second-order valence-corrected chi connectivity index (χ2v) is 6.47. The average molecular weight is 288 g/mol. The fourth-order valence-electron chi connectivity index (χ4n) is 3.15. The van der Waals surface area contributed by atoms with Crippen molar-refractivity contribution < 1.29 is 14.3 Å². The maximum absolute atomic E-state index is 12.1. The van der Waals surface area contributed by atoms with Gasteiger partial charge in [-0.25, -0.2) is 4.79 Å².